The minimum Gasteiger partial charge on any atom is -0.478 e. The van der Waals surface area contributed by atoms with E-state index in [-0.39, 0.29) is 15.5 Å². The Bertz CT molecular complexity index is 1610. The number of fused-ring (bicyclic) bond motifs is 1. The zero-order valence-electron chi connectivity index (χ0n) is 21.8. The van der Waals surface area contributed by atoms with E-state index in [9.17, 15) is 16.8 Å². The van der Waals surface area contributed by atoms with Gasteiger partial charge < -0.3 is 15.0 Å². The molecule has 10 nitrogen and oxygen atoms in total. The van der Waals surface area contributed by atoms with Gasteiger partial charge in [0.05, 0.1) is 33.9 Å². The summed E-state index contributed by atoms with van der Waals surface area (Å²) >= 11 is 0. The number of hydrogen-bond acceptors (Lipinski definition) is 10. The van der Waals surface area contributed by atoms with Gasteiger partial charge in [0.25, 0.3) is 0 Å². The van der Waals surface area contributed by atoms with Gasteiger partial charge in [-0.3, -0.25) is 0 Å². The molecule has 12 heteroatoms. The minimum absolute atomic E-state index is 0.149. The number of ether oxygens (including phenoxy) is 1. The summed E-state index contributed by atoms with van der Waals surface area (Å²) < 4.78 is 54.1. The summed E-state index contributed by atoms with van der Waals surface area (Å²) in [5, 5.41) is 3.94. The number of unbranched alkanes of at least 4 members (excludes halogenated alkanes) is 1. The zero-order valence-corrected chi connectivity index (χ0v) is 23.5. The second-order valence-corrected chi connectivity index (χ2v) is 13.4. The second-order valence-electron chi connectivity index (χ2n) is 9.22. The first-order valence-electron chi connectivity index (χ1n) is 12.4. The van der Waals surface area contributed by atoms with Gasteiger partial charge in [0.1, 0.15) is 22.0 Å². The van der Waals surface area contributed by atoms with Crippen LogP contribution >= 0.6 is 0 Å². The highest BCUT2D eigenvalue weighted by Crippen LogP contribution is 2.27. The lowest BCUT2D eigenvalue weighted by molar-refractivity contribution is 0.277. The van der Waals surface area contributed by atoms with Crippen molar-refractivity contribution < 1.29 is 21.6 Å². The van der Waals surface area contributed by atoms with Crippen LogP contribution in [0.3, 0.4) is 0 Å². The molecule has 39 heavy (non-hydrogen) atoms. The molecule has 0 atom stereocenters. The van der Waals surface area contributed by atoms with Crippen molar-refractivity contribution in [1.29, 1.82) is 0 Å². The van der Waals surface area contributed by atoms with Gasteiger partial charge in [-0.1, -0.05) is 18.2 Å². The Morgan fingerprint density at radius 1 is 0.872 bits per heavy atom. The standard InChI is InChI=1S/C27H31N5O5S2/c1-32(15-17-38(2,33)34)14-6-7-16-37-26-18-24-25(19-28-26)29-20-30-27(24)31-21-10-12-23(13-11-21)39(35,36)22-8-4-3-5-9-22/h3-5,8-13,18-20H,6-7,14-17H2,1-2H3,(H,29,30,31). The Morgan fingerprint density at radius 2 is 1.59 bits per heavy atom. The molecule has 0 radical (unpaired) electrons. The third kappa shape index (κ3) is 7.94. The van der Waals surface area contributed by atoms with Gasteiger partial charge in [0, 0.05) is 29.9 Å². The van der Waals surface area contributed by atoms with Crippen LogP contribution < -0.4 is 10.1 Å². The van der Waals surface area contributed by atoms with Gasteiger partial charge >= 0.3 is 0 Å². The molecule has 0 amide bonds. The number of pyridine rings is 1. The molecule has 0 aliphatic heterocycles. The van der Waals surface area contributed by atoms with Crippen molar-refractivity contribution in [3.05, 3.63) is 73.2 Å². The molecule has 0 aliphatic rings. The summed E-state index contributed by atoms with van der Waals surface area (Å²) in [7, 11) is -4.66. The molecule has 0 aliphatic carbocycles. The average molecular weight is 570 g/mol. The number of nitrogens with zero attached hydrogens (tertiary/aromatic N) is 4. The molecule has 206 valence electrons. The first kappa shape index (κ1) is 28.4. The number of aromatic nitrogens is 3. The van der Waals surface area contributed by atoms with Crippen molar-refractivity contribution in [1.82, 2.24) is 19.9 Å². The highest BCUT2D eigenvalue weighted by molar-refractivity contribution is 7.91. The molecule has 0 unspecified atom stereocenters. The molecule has 0 saturated heterocycles. The second kappa shape index (κ2) is 12.5. The summed E-state index contributed by atoms with van der Waals surface area (Å²) in [5.74, 6) is 1.13. The smallest absolute Gasteiger partial charge is 0.214 e. The molecule has 1 N–H and O–H groups in total. The van der Waals surface area contributed by atoms with Crippen LogP contribution in [0.4, 0.5) is 11.5 Å². The molecule has 0 spiro atoms. The molecular weight excluding hydrogens is 538 g/mol. The van der Waals surface area contributed by atoms with Gasteiger partial charge in [-0.2, -0.15) is 0 Å². The van der Waals surface area contributed by atoms with Gasteiger partial charge in [0.2, 0.25) is 15.7 Å². The predicted molar refractivity (Wildman–Crippen MR) is 151 cm³/mol. The van der Waals surface area contributed by atoms with E-state index in [4.69, 9.17) is 4.74 Å². The Kier molecular flexibility index (Phi) is 9.10. The quantitative estimate of drug-likeness (QED) is 0.238. The first-order valence-corrected chi connectivity index (χ1v) is 15.9. The summed E-state index contributed by atoms with van der Waals surface area (Å²) in [6.45, 7) is 1.75. The third-order valence-electron chi connectivity index (χ3n) is 6.01. The van der Waals surface area contributed by atoms with Crippen LogP contribution in [-0.4, -0.2) is 75.4 Å². The van der Waals surface area contributed by atoms with Crippen LogP contribution in [-0.2, 0) is 19.7 Å². The Balaban J connectivity index is 1.37. The molecule has 0 fully saturated rings. The number of anilines is 2. The fourth-order valence-corrected chi connectivity index (χ4v) is 5.73. The Labute approximate surface area is 228 Å². The first-order chi connectivity index (χ1) is 18.6. The highest BCUT2D eigenvalue weighted by Gasteiger charge is 2.17. The monoisotopic (exact) mass is 569 g/mol. The zero-order chi connectivity index (χ0) is 27.9. The van der Waals surface area contributed by atoms with Crippen LogP contribution in [0.1, 0.15) is 12.8 Å². The van der Waals surface area contributed by atoms with Crippen LogP contribution in [0.25, 0.3) is 10.9 Å². The van der Waals surface area contributed by atoms with Crippen molar-refractivity contribution in [3.8, 4) is 5.88 Å². The number of sulfone groups is 2. The fraction of sp³-hybridized carbons (Fsp3) is 0.296. The van der Waals surface area contributed by atoms with E-state index in [0.29, 0.717) is 41.4 Å². The summed E-state index contributed by atoms with van der Waals surface area (Å²) in [5.41, 5.74) is 1.30. The van der Waals surface area contributed by atoms with Crippen LogP contribution in [0.15, 0.2) is 83.0 Å². The lowest BCUT2D eigenvalue weighted by Crippen LogP contribution is -2.26. The van der Waals surface area contributed by atoms with E-state index in [2.05, 4.69) is 20.3 Å². The van der Waals surface area contributed by atoms with E-state index in [1.165, 1.54) is 12.6 Å². The lowest BCUT2D eigenvalue weighted by Gasteiger charge is -2.15. The van der Waals surface area contributed by atoms with Gasteiger partial charge in [-0.15, -0.1) is 0 Å². The lowest BCUT2D eigenvalue weighted by atomic mass is 10.2. The number of nitrogens with one attached hydrogen (secondary N) is 1. The molecule has 0 bridgehead atoms. The van der Waals surface area contributed by atoms with E-state index >= 15 is 0 Å². The normalized spacial score (nSPS) is 12.1. The maximum Gasteiger partial charge on any atom is 0.214 e. The third-order valence-corrected chi connectivity index (χ3v) is 8.72. The van der Waals surface area contributed by atoms with Crippen LogP contribution in [0, 0.1) is 0 Å². The molecule has 2 aromatic heterocycles. The van der Waals surface area contributed by atoms with E-state index in [1.54, 1.807) is 66.9 Å². The molecule has 2 heterocycles. The number of benzene rings is 2. The largest absolute Gasteiger partial charge is 0.478 e. The van der Waals surface area contributed by atoms with Crippen molar-refractivity contribution in [3.63, 3.8) is 0 Å². The topological polar surface area (TPSA) is 131 Å². The van der Waals surface area contributed by atoms with E-state index in [0.717, 1.165) is 19.4 Å². The predicted octanol–water partition coefficient (Wildman–Crippen LogP) is 3.74. The van der Waals surface area contributed by atoms with Crippen molar-refractivity contribution in [2.45, 2.75) is 22.6 Å². The maximum atomic E-state index is 12.9. The summed E-state index contributed by atoms with van der Waals surface area (Å²) in [4.78, 5) is 15.4. The molecule has 0 saturated carbocycles. The number of hydrogen-bond donors (Lipinski definition) is 1. The highest BCUT2D eigenvalue weighted by atomic mass is 32.2. The summed E-state index contributed by atoms with van der Waals surface area (Å²) in [6, 6.07) is 16.6. The Hall–Kier alpha value is -3.61. The van der Waals surface area contributed by atoms with Crippen molar-refractivity contribution >= 4 is 42.1 Å². The molecule has 4 aromatic rings. The maximum absolute atomic E-state index is 12.9. The molecule has 2 aromatic carbocycles. The Morgan fingerprint density at radius 3 is 2.31 bits per heavy atom. The average Bonchev–Trinajstić information content (AvgIpc) is 2.92. The van der Waals surface area contributed by atoms with Crippen molar-refractivity contribution in [2.24, 2.45) is 0 Å². The minimum atomic E-state index is -3.60. The van der Waals surface area contributed by atoms with Gasteiger partial charge in [0.15, 0.2) is 0 Å². The molecular formula is C27H31N5O5S2. The van der Waals surface area contributed by atoms with Gasteiger partial charge in [-0.25, -0.2) is 31.8 Å². The van der Waals surface area contributed by atoms with E-state index < -0.39 is 19.7 Å². The van der Waals surface area contributed by atoms with E-state index in [1.807, 2.05) is 11.9 Å². The fourth-order valence-electron chi connectivity index (χ4n) is 3.80. The summed E-state index contributed by atoms with van der Waals surface area (Å²) in [6.07, 6.45) is 5.94. The van der Waals surface area contributed by atoms with Gasteiger partial charge in [-0.05, 0) is 62.8 Å². The van der Waals surface area contributed by atoms with Crippen molar-refractivity contribution in [2.75, 3.05) is 44.1 Å². The van der Waals surface area contributed by atoms with Crippen LogP contribution in [0.5, 0.6) is 5.88 Å². The number of rotatable bonds is 13. The van der Waals surface area contributed by atoms with Crippen LogP contribution in [0.2, 0.25) is 0 Å². The molecule has 4 rings (SSSR count). The SMILES string of the molecule is CN(CCCCOc1cc2c(Nc3ccc(S(=O)(=O)c4ccccc4)cc3)ncnc2cn1)CCS(C)(=O)=O.